The number of aromatic nitrogens is 4. The van der Waals surface area contributed by atoms with Crippen molar-refractivity contribution in [2.75, 3.05) is 5.32 Å². The van der Waals surface area contributed by atoms with Crippen LogP contribution in [0.3, 0.4) is 0 Å². The van der Waals surface area contributed by atoms with E-state index in [9.17, 15) is 5.11 Å². The van der Waals surface area contributed by atoms with Crippen LogP contribution >= 0.6 is 0 Å². The normalized spacial score (nSPS) is 21.4. The third-order valence-corrected chi connectivity index (χ3v) is 4.37. The van der Waals surface area contributed by atoms with Crippen LogP contribution in [0.15, 0.2) is 42.9 Å². The van der Waals surface area contributed by atoms with Gasteiger partial charge in [-0.1, -0.05) is 0 Å². The summed E-state index contributed by atoms with van der Waals surface area (Å²) >= 11 is 0. The molecule has 118 valence electrons. The maximum Gasteiger partial charge on any atom is 0.224 e. The van der Waals surface area contributed by atoms with Crippen LogP contribution in [-0.2, 0) is 0 Å². The summed E-state index contributed by atoms with van der Waals surface area (Å²) in [4.78, 5) is 13.3. The first-order valence-corrected chi connectivity index (χ1v) is 8.00. The molecule has 6 heteroatoms. The van der Waals surface area contributed by atoms with Gasteiger partial charge in [0.15, 0.2) is 0 Å². The molecule has 0 bridgehead atoms. The van der Waals surface area contributed by atoms with Crippen LogP contribution in [0.2, 0.25) is 0 Å². The average Bonchev–Trinajstić information content (AvgIpc) is 3.01. The summed E-state index contributed by atoms with van der Waals surface area (Å²) in [5.41, 5.74) is 1.97. The summed E-state index contributed by atoms with van der Waals surface area (Å²) in [5, 5.41) is 13.0. The minimum absolute atomic E-state index is 0.154. The van der Waals surface area contributed by atoms with E-state index in [-0.39, 0.29) is 6.10 Å². The van der Waals surface area contributed by atoms with Crippen LogP contribution in [0.25, 0.3) is 16.9 Å². The van der Waals surface area contributed by atoms with Crippen molar-refractivity contribution >= 4 is 17.0 Å². The van der Waals surface area contributed by atoms with E-state index in [0.717, 1.165) is 42.5 Å². The molecular formula is C17H19N5O. The first-order valence-electron chi connectivity index (χ1n) is 8.00. The second-order valence-electron chi connectivity index (χ2n) is 5.98. The fourth-order valence-electron chi connectivity index (χ4n) is 3.12. The Balaban J connectivity index is 1.59. The van der Waals surface area contributed by atoms with Gasteiger partial charge in [0, 0.05) is 24.6 Å². The number of nitrogens with one attached hydrogen (secondary N) is 1. The van der Waals surface area contributed by atoms with E-state index in [0.29, 0.717) is 12.0 Å². The summed E-state index contributed by atoms with van der Waals surface area (Å²) in [6, 6.07) is 8.15. The van der Waals surface area contributed by atoms with Crippen molar-refractivity contribution in [2.24, 2.45) is 0 Å². The fraction of sp³-hybridized carbons (Fsp3) is 0.353. The summed E-state index contributed by atoms with van der Waals surface area (Å²) in [6.07, 6.45) is 8.95. The lowest BCUT2D eigenvalue weighted by atomic mass is 9.93. The SMILES string of the molecule is OC1CCC(Nc2nccc(-n3ccc4ncccc43)n2)CC1. The number of rotatable bonds is 3. The Morgan fingerprint density at radius 1 is 1.04 bits per heavy atom. The molecule has 3 heterocycles. The van der Waals surface area contributed by atoms with Gasteiger partial charge in [0.2, 0.25) is 5.95 Å². The Kier molecular flexibility index (Phi) is 3.67. The molecule has 0 atom stereocenters. The molecule has 3 aromatic rings. The van der Waals surface area contributed by atoms with Gasteiger partial charge in [0.1, 0.15) is 5.82 Å². The molecule has 0 radical (unpaired) electrons. The summed E-state index contributed by atoms with van der Waals surface area (Å²) in [6.45, 7) is 0. The van der Waals surface area contributed by atoms with Gasteiger partial charge in [-0.15, -0.1) is 0 Å². The summed E-state index contributed by atoms with van der Waals surface area (Å²) in [5.74, 6) is 1.45. The van der Waals surface area contributed by atoms with Gasteiger partial charge in [-0.05, 0) is 49.9 Å². The number of pyridine rings is 1. The second kappa shape index (κ2) is 5.96. The standard InChI is InChI=1S/C17H19N5O/c23-13-5-3-12(4-6-13)20-17-19-10-7-16(21-17)22-11-8-14-15(22)2-1-9-18-14/h1-2,7-13,23H,3-6H2,(H,19,20,21). The highest BCUT2D eigenvalue weighted by molar-refractivity contribution is 5.77. The number of hydrogen-bond donors (Lipinski definition) is 2. The number of anilines is 1. The third kappa shape index (κ3) is 2.90. The van der Waals surface area contributed by atoms with Crippen molar-refractivity contribution < 1.29 is 5.11 Å². The van der Waals surface area contributed by atoms with E-state index in [1.807, 2.05) is 35.0 Å². The van der Waals surface area contributed by atoms with E-state index >= 15 is 0 Å². The predicted molar refractivity (Wildman–Crippen MR) is 88.5 cm³/mol. The Bertz CT molecular complexity index is 807. The average molecular weight is 309 g/mol. The van der Waals surface area contributed by atoms with Crippen molar-refractivity contribution in [3.8, 4) is 5.82 Å². The molecular weight excluding hydrogens is 290 g/mol. The molecule has 1 aliphatic rings. The zero-order valence-electron chi connectivity index (χ0n) is 12.8. The Hall–Kier alpha value is -2.47. The van der Waals surface area contributed by atoms with Crippen molar-refractivity contribution in [1.29, 1.82) is 0 Å². The van der Waals surface area contributed by atoms with Gasteiger partial charge in [-0.2, -0.15) is 4.98 Å². The second-order valence-corrected chi connectivity index (χ2v) is 5.98. The lowest BCUT2D eigenvalue weighted by Gasteiger charge is -2.26. The lowest BCUT2D eigenvalue weighted by Crippen LogP contribution is -2.29. The van der Waals surface area contributed by atoms with Gasteiger partial charge >= 0.3 is 0 Å². The van der Waals surface area contributed by atoms with Crippen LogP contribution in [0.4, 0.5) is 5.95 Å². The van der Waals surface area contributed by atoms with E-state index < -0.39 is 0 Å². The molecule has 0 saturated heterocycles. The maximum atomic E-state index is 9.59. The van der Waals surface area contributed by atoms with Crippen LogP contribution < -0.4 is 5.32 Å². The van der Waals surface area contributed by atoms with Crippen molar-refractivity contribution in [3.05, 3.63) is 42.9 Å². The molecule has 1 aliphatic carbocycles. The van der Waals surface area contributed by atoms with Gasteiger partial charge in [-0.3, -0.25) is 9.55 Å². The number of fused-ring (bicyclic) bond motifs is 1. The molecule has 1 fully saturated rings. The van der Waals surface area contributed by atoms with Crippen LogP contribution in [-0.4, -0.2) is 36.8 Å². The van der Waals surface area contributed by atoms with E-state index in [2.05, 4.69) is 20.3 Å². The van der Waals surface area contributed by atoms with Gasteiger partial charge in [0.05, 0.1) is 17.1 Å². The van der Waals surface area contributed by atoms with Crippen molar-refractivity contribution in [2.45, 2.75) is 37.8 Å². The smallest absolute Gasteiger partial charge is 0.224 e. The third-order valence-electron chi connectivity index (χ3n) is 4.37. The van der Waals surface area contributed by atoms with Gasteiger partial charge in [0.25, 0.3) is 0 Å². The first-order chi connectivity index (χ1) is 11.3. The quantitative estimate of drug-likeness (QED) is 0.777. The first kappa shape index (κ1) is 14.1. The molecule has 2 N–H and O–H groups in total. The van der Waals surface area contributed by atoms with Crippen molar-refractivity contribution in [3.63, 3.8) is 0 Å². The molecule has 1 saturated carbocycles. The maximum absolute atomic E-state index is 9.59. The highest BCUT2D eigenvalue weighted by atomic mass is 16.3. The van der Waals surface area contributed by atoms with Crippen molar-refractivity contribution in [1.82, 2.24) is 19.5 Å². The largest absolute Gasteiger partial charge is 0.393 e. The highest BCUT2D eigenvalue weighted by Crippen LogP contribution is 2.22. The summed E-state index contributed by atoms with van der Waals surface area (Å²) < 4.78 is 2.01. The monoisotopic (exact) mass is 309 g/mol. The molecule has 0 spiro atoms. The molecule has 0 aromatic carbocycles. The zero-order valence-corrected chi connectivity index (χ0v) is 12.8. The molecule has 0 unspecified atom stereocenters. The highest BCUT2D eigenvalue weighted by Gasteiger charge is 2.19. The van der Waals surface area contributed by atoms with Crippen LogP contribution in [0, 0.1) is 0 Å². The van der Waals surface area contributed by atoms with E-state index in [1.54, 1.807) is 12.4 Å². The minimum Gasteiger partial charge on any atom is -0.393 e. The lowest BCUT2D eigenvalue weighted by molar-refractivity contribution is 0.126. The van der Waals surface area contributed by atoms with Gasteiger partial charge < -0.3 is 10.4 Å². The minimum atomic E-state index is -0.154. The van der Waals surface area contributed by atoms with Crippen LogP contribution in [0.5, 0.6) is 0 Å². The fourth-order valence-corrected chi connectivity index (χ4v) is 3.12. The topological polar surface area (TPSA) is 75.9 Å². The Labute approximate surface area is 134 Å². The Morgan fingerprint density at radius 3 is 2.78 bits per heavy atom. The van der Waals surface area contributed by atoms with Gasteiger partial charge in [-0.25, -0.2) is 4.98 Å². The van der Waals surface area contributed by atoms with E-state index in [4.69, 9.17) is 0 Å². The zero-order chi connectivity index (χ0) is 15.6. The van der Waals surface area contributed by atoms with E-state index in [1.165, 1.54) is 0 Å². The predicted octanol–water partition coefficient (Wildman–Crippen LogP) is 2.53. The molecule has 0 aliphatic heterocycles. The molecule has 6 nitrogen and oxygen atoms in total. The number of aliphatic hydroxyl groups excluding tert-OH is 1. The molecule has 0 amide bonds. The molecule has 23 heavy (non-hydrogen) atoms. The molecule has 3 aromatic heterocycles. The summed E-state index contributed by atoms with van der Waals surface area (Å²) in [7, 11) is 0. The number of nitrogens with zero attached hydrogens (tertiary/aromatic N) is 4. The number of aliphatic hydroxyl groups is 1. The Morgan fingerprint density at radius 2 is 1.91 bits per heavy atom. The number of hydrogen-bond acceptors (Lipinski definition) is 5. The molecule has 4 rings (SSSR count). The van der Waals surface area contributed by atoms with Crippen LogP contribution in [0.1, 0.15) is 25.7 Å².